The van der Waals surface area contributed by atoms with Gasteiger partial charge in [0.15, 0.2) is 0 Å². The van der Waals surface area contributed by atoms with E-state index >= 15 is 0 Å². The third-order valence-corrected chi connectivity index (χ3v) is 6.64. The largest absolute Gasteiger partial charge is 0.349 e. The first kappa shape index (κ1) is 34.8. The number of amides is 3. The van der Waals surface area contributed by atoms with E-state index in [0.29, 0.717) is 31.6 Å². The lowest BCUT2D eigenvalue weighted by Gasteiger charge is -2.21. The van der Waals surface area contributed by atoms with Gasteiger partial charge in [0.05, 0.1) is 13.2 Å². The van der Waals surface area contributed by atoms with E-state index in [2.05, 4.69) is 12.2 Å². The highest BCUT2D eigenvalue weighted by atomic mass is 16.7. The summed E-state index contributed by atoms with van der Waals surface area (Å²) in [6, 6.07) is -0.441. The second-order valence-corrected chi connectivity index (χ2v) is 10.6. The van der Waals surface area contributed by atoms with Crippen molar-refractivity contribution in [2.24, 2.45) is 17.8 Å². The molecule has 0 spiro atoms. The van der Waals surface area contributed by atoms with Crippen molar-refractivity contribution in [1.29, 1.82) is 0 Å². The van der Waals surface area contributed by atoms with Crippen LogP contribution in [-0.4, -0.2) is 68.3 Å². The predicted octanol–water partition coefficient (Wildman–Crippen LogP) is 4.92. The molecule has 0 aromatic carbocycles. The summed E-state index contributed by atoms with van der Waals surface area (Å²) in [6.07, 6.45) is 14.6. The Morgan fingerprint density at radius 2 is 1.59 bits per heavy atom. The maximum atomic E-state index is 13.0. The fourth-order valence-corrected chi connectivity index (χ4v) is 4.30. The first-order valence-electron chi connectivity index (χ1n) is 14.0. The van der Waals surface area contributed by atoms with E-state index in [1.165, 1.54) is 31.4 Å². The van der Waals surface area contributed by atoms with Crippen LogP contribution >= 0.6 is 0 Å². The van der Waals surface area contributed by atoms with Crippen molar-refractivity contribution in [2.75, 3.05) is 28.3 Å². The van der Waals surface area contributed by atoms with Gasteiger partial charge in [0, 0.05) is 39.4 Å². The smallest absolute Gasteiger partial charge is 0.245 e. The fourth-order valence-electron chi connectivity index (χ4n) is 4.30. The molecule has 214 valence electrons. The molecule has 1 N–H and O–H groups in total. The monoisotopic (exact) mass is 523 g/mol. The van der Waals surface area contributed by atoms with Crippen LogP contribution in [0, 0.1) is 17.8 Å². The van der Waals surface area contributed by atoms with Crippen molar-refractivity contribution in [3.05, 3.63) is 12.2 Å². The molecular weight excluding hydrogens is 470 g/mol. The maximum absolute atomic E-state index is 13.0. The number of allylic oxidation sites excluding steroid dienone is 2. The minimum Gasteiger partial charge on any atom is -0.349 e. The number of hydrogen-bond acceptors (Lipinski definition) is 5. The van der Waals surface area contributed by atoms with Crippen molar-refractivity contribution in [2.45, 2.75) is 104 Å². The Hall–Kier alpha value is -2.22. The molecule has 0 aromatic heterocycles. The zero-order valence-electron chi connectivity index (χ0n) is 24.5. The zero-order valence-corrected chi connectivity index (χ0v) is 24.5. The van der Waals surface area contributed by atoms with Crippen LogP contribution in [0.4, 0.5) is 0 Å². The van der Waals surface area contributed by atoms with Crippen molar-refractivity contribution in [3.8, 4) is 0 Å². The van der Waals surface area contributed by atoms with Crippen LogP contribution in [-0.2, 0) is 24.0 Å². The van der Waals surface area contributed by atoms with E-state index in [4.69, 9.17) is 4.84 Å². The van der Waals surface area contributed by atoms with E-state index < -0.39 is 6.04 Å². The van der Waals surface area contributed by atoms with Crippen molar-refractivity contribution in [1.82, 2.24) is 15.3 Å². The Labute approximate surface area is 225 Å². The van der Waals surface area contributed by atoms with Gasteiger partial charge < -0.3 is 15.0 Å². The lowest BCUT2D eigenvalue weighted by atomic mass is 9.93. The SMILES string of the molecule is CCCCCCCC(CC/C=C\CC(CCC(=O)N(C)OC)C(=O)N(C)C)C(=O)N[C@H](C=O)CC(C)C. The van der Waals surface area contributed by atoms with Crippen LogP contribution in [0.15, 0.2) is 12.2 Å². The Morgan fingerprint density at radius 1 is 0.919 bits per heavy atom. The van der Waals surface area contributed by atoms with Crippen molar-refractivity contribution >= 4 is 24.0 Å². The van der Waals surface area contributed by atoms with Crippen LogP contribution in [0.2, 0.25) is 0 Å². The number of carbonyl (C=O) groups excluding carboxylic acids is 4. The Bertz CT molecular complexity index is 693. The normalized spacial score (nSPS) is 13.8. The second-order valence-electron chi connectivity index (χ2n) is 10.6. The maximum Gasteiger partial charge on any atom is 0.245 e. The molecule has 3 amide bonds. The van der Waals surface area contributed by atoms with E-state index in [1.807, 2.05) is 26.0 Å². The molecule has 0 fully saturated rings. The molecule has 0 bridgehead atoms. The first-order valence-corrected chi connectivity index (χ1v) is 14.0. The summed E-state index contributed by atoms with van der Waals surface area (Å²) in [5.41, 5.74) is 0. The van der Waals surface area contributed by atoms with Gasteiger partial charge >= 0.3 is 0 Å². The average Bonchev–Trinajstić information content (AvgIpc) is 2.86. The molecule has 37 heavy (non-hydrogen) atoms. The molecule has 0 aromatic rings. The molecule has 8 nitrogen and oxygen atoms in total. The van der Waals surface area contributed by atoms with Gasteiger partial charge in [-0.2, -0.15) is 0 Å². The molecule has 0 radical (unpaired) electrons. The molecule has 0 heterocycles. The van der Waals surface area contributed by atoms with Gasteiger partial charge in [-0.1, -0.05) is 65.0 Å². The Balaban J connectivity index is 5.02. The van der Waals surface area contributed by atoms with Crippen LogP contribution in [0.1, 0.15) is 97.8 Å². The fraction of sp³-hybridized carbons (Fsp3) is 0.793. The third kappa shape index (κ3) is 16.3. The quantitative estimate of drug-likeness (QED) is 0.0997. The van der Waals surface area contributed by atoms with Gasteiger partial charge in [-0.05, 0) is 44.4 Å². The van der Waals surface area contributed by atoms with Crippen LogP contribution < -0.4 is 5.32 Å². The molecule has 0 aliphatic rings. The number of hydroxylamine groups is 2. The number of nitrogens with one attached hydrogen (secondary N) is 1. The average molecular weight is 524 g/mol. The first-order chi connectivity index (χ1) is 17.6. The summed E-state index contributed by atoms with van der Waals surface area (Å²) < 4.78 is 0. The molecule has 0 aliphatic carbocycles. The summed E-state index contributed by atoms with van der Waals surface area (Å²) >= 11 is 0. The number of nitrogens with zero attached hydrogens (tertiary/aromatic N) is 2. The van der Waals surface area contributed by atoms with Crippen LogP contribution in [0.5, 0.6) is 0 Å². The predicted molar refractivity (Wildman–Crippen MR) is 149 cm³/mol. The minimum atomic E-state index is -0.441. The summed E-state index contributed by atoms with van der Waals surface area (Å²) in [5, 5.41) is 4.13. The molecule has 0 rings (SSSR count). The number of unbranched alkanes of at least 4 members (excludes halogenated alkanes) is 4. The van der Waals surface area contributed by atoms with Crippen LogP contribution in [0.25, 0.3) is 0 Å². The van der Waals surface area contributed by atoms with Crippen LogP contribution in [0.3, 0.4) is 0 Å². The van der Waals surface area contributed by atoms with E-state index in [9.17, 15) is 19.2 Å². The number of hydrogen-bond donors (Lipinski definition) is 1. The molecule has 0 aliphatic heterocycles. The highest BCUT2D eigenvalue weighted by Crippen LogP contribution is 2.20. The Morgan fingerprint density at radius 3 is 2.16 bits per heavy atom. The minimum absolute atomic E-state index is 0.00749. The highest BCUT2D eigenvalue weighted by Gasteiger charge is 2.23. The van der Waals surface area contributed by atoms with Crippen molar-refractivity contribution in [3.63, 3.8) is 0 Å². The third-order valence-electron chi connectivity index (χ3n) is 6.64. The summed E-state index contributed by atoms with van der Waals surface area (Å²) in [7, 11) is 6.43. The topological polar surface area (TPSA) is 96.0 Å². The number of aldehydes is 1. The molecule has 0 saturated carbocycles. The summed E-state index contributed by atoms with van der Waals surface area (Å²) in [6.45, 7) is 6.26. The summed E-state index contributed by atoms with van der Waals surface area (Å²) in [4.78, 5) is 55.6. The van der Waals surface area contributed by atoms with E-state index in [-0.39, 0.29) is 36.0 Å². The highest BCUT2D eigenvalue weighted by molar-refractivity contribution is 5.82. The van der Waals surface area contributed by atoms with Gasteiger partial charge in [-0.25, -0.2) is 5.06 Å². The molecule has 0 saturated heterocycles. The van der Waals surface area contributed by atoms with E-state index in [1.54, 1.807) is 26.0 Å². The zero-order chi connectivity index (χ0) is 28.2. The number of rotatable bonds is 21. The lowest BCUT2D eigenvalue weighted by Crippen LogP contribution is -2.40. The number of carbonyl (C=O) groups is 4. The van der Waals surface area contributed by atoms with Gasteiger partial charge in [-0.15, -0.1) is 0 Å². The van der Waals surface area contributed by atoms with Gasteiger partial charge in [0.2, 0.25) is 17.7 Å². The van der Waals surface area contributed by atoms with Gasteiger partial charge in [-0.3, -0.25) is 19.2 Å². The Kier molecular flexibility index (Phi) is 19.5. The molecule has 3 atom stereocenters. The lowest BCUT2D eigenvalue weighted by molar-refractivity contribution is -0.169. The second kappa shape index (κ2) is 20.8. The van der Waals surface area contributed by atoms with Gasteiger partial charge in [0.25, 0.3) is 0 Å². The summed E-state index contributed by atoms with van der Waals surface area (Å²) in [5.74, 6) is -0.310. The van der Waals surface area contributed by atoms with E-state index in [0.717, 1.165) is 32.0 Å². The molecule has 2 unspecified atom stereocenters. The molecule has 8 heteroatoms. The van der Waals surface area contributed by atoms with Gasteiger partial charge in [0.1, 0.15) is 6.29 Å². The standard InChI is InChI=1S/C29H53N3O5/c1-8-9-10-11-13-16-24(28(35)30-26(22-33)21-23(2)3)17-14-12-15-18-25(29(36)31(4)5)19-20-27(34)32(6)37-7/h12,15,22-26H,8-11,13-14,16-21H2,1-7H3,(H,30,35)/b15-12-/t24?,25?,26-/m0/s1. The van der Waals surface area contributed by atoms with Crippen molar-refractivity contribution < 1.29 is 24.0 Å². The molecular formula is C29H53N3O5.